The minimum atomic E-state index is -0.322. The molecule has 1 amide bonds. The summed E-state index contributed by atoms with van der Waals surface area (Å²) in [4.78, 5) is 25.2. The van der Waals surface area contributed by atoms with E-state index in [9.17, 15) is 4.79 Å². The number of thiazole rings is 1. The van der Waals surface area contributed by atoms with E-state index >= 15 is 0 Å². The molecule has 0 unspecified atom stereocenters. The molecule has 1 fully saturated rings. The van der Waals surface area contributed by atoms with E-state index in [2.05, 4.69) is 41.5 Å². The van der Waals surface area contributed by atoms with E-state index in [1.807, 2.05) is 12.1 Å². The van der Waals surface area contributed by atoms with Crippen molar-refractivity contribution in [1.29, 1.82) is 0 Å². The van der Waals surface area contributed by atoms with Crippen LogP contribution in [-0.4, -0.2) is 47.7 Å². The standard InChI is InChI=1S/C25H24BrN5O4S/c1-33-20-10-17-18(11-21(20)34-13-15-4-7-27-8-5-15)28-9-6-19(17)35-16-2-3-23(29-12-16)31-24(32)25-30-22(26)14-36-25/h2-3,6,9-12,14-15,27H,4-5,7-8,13H2,1H3,(H,29,31,32). The number of fused-ring (bicyclic) bond motifs is 1. The second-order valence-electron chi connectivity index (χ2n) is 8.24. The Morgan fingerprint density at radius 3 is 2.75 bits per heavy atom. The van der Waals surface area contributed by atoms with Crippen LogP contribution in [0.4, 0.5) is 5.82 Å². The lowest BCUT2D eigenvalue weighted by molar-refractivity contribution is 0.102. The quantitative estimate of drug-likeness (QED) is 0.295. The number of pyridine rings is 2. The van der Waals surface area contributed by atoms with E-state index in [0.29, 0.717) is 51.0 Å². The summed E-state index contributed by atoms with van der Waals surface area (Å²) in [7, 11) is 1.62. The number of anilines is 1. The summed E-state index contributed by atoms with van der Waals surface area (Å²) in [5.41, 5.74) is 0.736. The van der Waals surface area contributed by atoms with Gasteiger partial charge in [-0.2, -0.15) is 0 Å². The van der Waals surface area contributed by atoms with Gasteiger partial charge < -0.3 is 24.8 Å². The number of methoxy groups -OCH3 is 1. The molecule has 1 saturated heterocycles. The first-order chi connectivity index (χ1) is 17.6. The number of piperidine rings is 1. The van der Waals surface area contributed by atoms with Crippen molar-refractivity contribution in [1.82, 2.24) is 20.3 Å². The van der Waals surface area contributed by atoms with Gasteiger partial charge in [-0.25, -0.2) is 9.97 Å². The highest BCUT2D eigenvalue weighted by molar-refractivity contribution is 9.10. The Hall–Kier alpha value is -3.28. The van der Waals surface area contributed by atoms with Crippen molar-refractivity contribution in [2.45, 2.75) is 12.8 Å². The summed E-state index contributed by atoms with van der Waals surface area (Å²) in [5.74, 6) is 3.02. The van der Waals surface area contributed by atoms with Crippen LogP contribution >= 0.6 is 27.3 Å². The molecule has 9 nitrogen and oxygen atoms in total. The van der Waals surface area contributed by atoms with Gasteiger partial charge in [-0.1, -0.05) is 0 Å². The lowest BCUT2D eigenvalue weighted by atomic mass is 9.99. The Kier molecular flexibility index (Phi) is 7.59. The smallest absolute Gasteiger partial charge is 0.285 e. The summed E-state index contributed by atoms with van der Waals surface area (Å²) in [6.07, 6.45) is 5.44. The normalized spacial score (nSPS) is 13.9. The molecular formula is C25H24BrN5O4S. The van der Waals surface area contributed by atoms with Crippen molar-refractivity contribution < 1.29 is 19.0 Å². The van der Waals surface area contributed by atoms with Gasteiger partial charge in [-0.05, 0) is 72.0 Å². The number of hydrogen-bond donors (Lipinski definition) is 2. The lowest BCUT2D eigenvalue weighted by Crippen LogP contribution is -2.30. The van der Waals surface area contributed by atoms with Crippen molar-refractivity contribution in [2.24, 2.45) is 5.92 Å². The third kappa shape index (κ3) is 5.75. The van der Waals surface area contributed by atoms with E-state index < -0.39 is 0 Å². The van der Waals surface area contributed by atoms with Crippen LogP contribution in [0.1, 0.15) is 22.6 Å². The predicted octanol–water partition coefficient (Wildman–Crippen LogP) is 5.28. The number of ether oxygens (including phenoxy) is 3. The third-order valence-corrected chi connectivity index (χ3v) is 7.35. The number of amides is 1. The predicted molar refractivity (Wildman–Crippen MR) is 141 cm³/mol. The molecule has 4 aromatic rings. The van der Waals surface area contributed by atoms with E-state index in [-0.39, 0.29) is 5.91 Å². The monoisotopic (exact) mass is 569 g/mol. The number of nitrogens with one attached hydrogen (secondary N) is 2. The Bertz CT molecular complexity index is 1360. The van der Waals surface area contributed by atoms with Crippen LogP contribution in [0, 0.1) is 5.92 Å². The molecule has 0 spiro atoms. The van der Waals surface area contributed by atoms with E-state index in [1.54, 1.807) is 43.1 Å². The van der Waals surface area contributed by atoms with Gasteiger partial charge in [0.1, 0.15) is 21.9 Å². The lowest BCUT2D eigenvalue weighted by Gasteiger charge is -2.23. The first-order valence-corrected chi connectivity index (χ1v) is 13.1. The summed E-state index contributed by atoms with van der Waals surface area (Å²) in [5, 5.41) is 8.98. The number of nitrogens with zero attached hydrogens (tertiary/aromatic N) is 3. The molecule has 4 heterocycles. The third-order valence-electron chi connectivity index (χ3n) is 5.80. The van der Waals surface area contributed by atoms with Crippen molar-refractivity contribution >= 4 is 49.9 Å². The van der Waals surface area contributed by atoms with Crippen LogP contribution in [-0.2, 0) is 0 Å². The summed E-state index contributed by atoms with van der Waals surface area (Å²) in [6.45, 7) is 2.70. The van der Waals surface area contributed by atoms with Gasteiger partial charge in [0.2, 0.25) is 0 Å². The fraction of sp³-hybridized carbons (Fsp3) is 0.280. The van der Waals surface area contributed by atoms with E-state index in [4.69, 9.17) is 14.2 Å². The molecule has 186 valence electrons. The van der Waals surface area contributed by atoms with E-state index in [1.165, 1.54) is 11.3 Å². The zero-order chi connectivity index (χ0) is 24.9. The summed E-state index contributed by atoms with van der Waals surface area (Å²) in [6, 6.07) is 8.96. The number of carbonyl (C=O) groups excluding carboxylic acids is 1. The molecule has 11 heteroatoms. The maximum atomic E-state index is 12.3. The Morgan fingerprint density at radius 2 is 2.03 bits per heavy atom. The molecule has 0 radical (unpaired) electrons. The average molecular weight is 570 g/mol. The Labute approximate surface area is 220 Å². The Balaban J connectivity index is 1.30. The molecule has 2 N–H and O–H groups in total. The highest BCUT2D eigenvalue weighted by Gasteiger charge is 2.17. The van der Waals surface area contributed by atoms with Gasteiger partial charge in [0, 0.05) is 23.0 Å². The highest BCUT2D eigenvalue weighted by atomic mass is 79.9. The van der Waals surface area contributed by atoms with Crippen molar-refractivity contribution in [2.75, 3.05) is 32.1 Å². The molecular weight excluding hydrogens is 546 g/mol. The van der Waals surface area contributed by atoms with Gasteiger partial charge in [0.25, 0.3) is 5.91 Å². The Morgan fingerprint density at radius 1 is 1.17 bits per heavy atom. The highest BCUT2D eigenvalue weighted by Crippen LogP contribution is 2.37. The largest absolute Gasteiger partial charge is 0.493 e. The number of benzene rings is 1. The molecule has 0 aliphatic carbocycles. The van der Waals surface area contributed by atoms with Gasteiger partial charge >= 0.3 is 0 Å². The number of aromatic nitrogens is 3. The zero-order valence-corrected chi connectivity index (χ0v) is 21.9. The fourth-order valence-electron chi connectivity index (χ4n) is 3.92. The maximum Gasteiger partial charge on any atom is 0.285 e. The van der Waals surface area contributed by atoms with Crippen molar-refractivity contribution in [3.8, 4) is 23.0 Å². The van der Waals surface area contributed by atoms with Crippen molar-refractivity contribution in [3.63, 3.8) is 0 Å². The molecule has 0 saturated carbocycles. The van der Waals surface area contributed by atoms with Crippen molar-refractivity contribution in [3.05, 3.63) is 57.7 Å². The van der Waals surface area contributed by atoms with Crippen LogP contribution in [0.3, 0.4) is 0 Å². The molecule has 1 aliphatic rings. The molecule has 1 aliphatic heterocycles. The van der Waals surface area contributed by atoms with Crippen LogP contribution in [0.2, 0.25) is 0 Å². The molecule has 36 heavy (non-hydrogen) atoms. The van der Waals surface area contributed by atoms with Crippen LogP contribution in [0.25, 0.3) is 10.9 Å². The summed E-state index contributed by atoms with van der Waals surface area (Å²) >= 11 is 4.49. The second-order valence-corrected chi connectivity index (χ2v) is 9.91. The zero-order valence-electron chi connectivity index (χ0n) is 19.5. The molecule has 5 rings (SSSR count). The minimum absolute atomic E-state index is 0.322. The molecule has 1 aromatic carbocycles. The summed E-state index contributed by atoms with van der Waals surface area (Å²) < 4.78 is 18.5. The first kappa shape index (κ1) is 24.4. The van der Waals surface area contributed by atoms with Gasteiger partial charge in [-0.3, -0.25) is 9.78 Å². The average Bonchev–Trinajstić information content (AvgIpc) is 3.35. The van der Waals surface area contributed by atoms with Crippen LogP contribution in [0.5, 0.6) is 23.0 Å². The van der Waals surface area contributed by atoms with E-state index in [0.717, 1.165) is 36.8 Å². The van der Waals surface area contributed by atoms with Crippen LogP contribution < -0.4 is 24.8 Å². The molecule has 3 aromatic heterocycles. The van der Waals surface area contributed by atoms with Crippen LogP contribution in [0.15, 0.2) is 52.7 Å². The SMILES string of the molecule is COc1cc2c(Oc3ccc(NC(=O)c4nc(Br)cs4)nc3)ccnc2cc1OCC1CCNCC1. The second kappa shape index (κ2) is 11.2. The van der Waals surface area contributed by atoms with Gasteiger partial charge in [0.15, 0.2) is 16.5 Å². The maximum absolute atomic E-state index is 12.3. The number of rotatable bonds is 8. The number of halogens is 1. The van der Waals surface area contributed by atoms with Gasteiger partial charge in [0.05, 0.1) is 25.4 Å². The fourth-order valence-corrected chi connectivity index (χ4v) is 5.06. The number of hydrogen-bond acceptors (Lipinski definition) is 9. The number of carbonyl (C=O) groups is 1. The molecule has 0 atom stereocenters. The molecule has 0 bridgehead atoms. The first-order valence-electron chi connectivity index (χ1n) is 11.5. The van der Waals surface area contributed by atoms with Gasteiger partial charge in [-0.15, -0.1) is 11.3 Å². The minimum Gasteiger partial charge on any atom is -0.493 e. The topological polar surface area (TPSA) is 107 Å².